The van der Waals surface area contributed by atoms with Gasteiger partial charge in [0.2, 0.25) is 0 Å². The molecule has 0 saturated heterocycles. The van der Waals surface area contributed by atoms with Crippen molar-refractivity contribution in [3.8, 4) is 0 Å². The first kappa shape index (κ1) is 12.2. The molecule has 4 nitrogen and oxygen atoms in total. The maximum atomic E-state index is 6.17. The largest absolute Gasteiger partial charge is 0.450 e. The highest BCUT2D eigenvalue weighted by Crippen LogP contribution is 2.32. The van der Waals surface area contributed by atoms with Gasteiger partial charge in [-0.05, 0) is 24.3 Å². The molecule has 4 aromatic rings. The predicted octanol–water partition coefficient (Wildman–Crippen LogP) is 4.77. The Labute approximate surface area is 125 Å². The van der Waals surface area contributed by atoms with Crippen LogP contribution in [0.1, 0.15) is 0 Å². The summed E-state index contributed by atoms with van der Waals surface area (Å²) in [4.78, 5) is 8.58. The van der Waals surface area contributed by atoms with Crippen LogP contribution in [0.4, 0.5) is 11.5 Å². The monoisotopic (exact) mass is 295 g/mol. The van der Waals surface area contributed by atoms with Gasteiger partial charge in [-0.2, -0.15) is 0 Å². The third-order valence-corrected chi connectivity index (χ3v) is 3.61. The summed E-state index contributed by atoms with van der Waals surface area (Å²) in [6, 6.07) is 15.3. The minimum Gasteiger partial charge on any atom is -0.450 e. The Balaban J connectivity index is 1.91. The summed E-state index contributed by atoms with van der Waals surface area (Å²) >= 11 is 6.17. The highest BCUT2D eigenvalue weighted by molar-refractivity contribution is 6.33. The fourth-order valence-corrected chi connectivity index (χ4v) is 2.49. The third kappa shape index (κ3) is 2.00. The molecule has 0 spiro atoms. The number of hydrogen-bond donors (Lipinski definition) is 1. The van der Waals surface area contributed by atoms with Crippen LogP contribution in [-0.4, -0.2) is 9.97 Å². The van der Waals surface area contributed by atoms with Gasteiger partial charge in [0.15, 0.2) is 11.4 Å². The number of furan rings is 1. The maximum absolute atomic E-state index is 6.17. The zero-order chi connectivity index (χ0) is 14.2. The Hall–Kier alpha value is -2.59. The second-order valence-corrected chi connectivity index (χ2v) is 5.01. The lowest BCUT2D eigenvalue weighted by atomic mass is 10.2. The maximum Gasteiger partial charge on any atom is 0.196 e. The minimum absolute atomic E-state index is 0.601. The van der Waals surface area contributed by atoms with Crippen LogP contribution in [0.25, 0.3) is 22.1 Å². The molecule has 5 heteroatoms. The molecular weight excluding hydrogens is 286 g/mol. The van der Waals surface area contributed by atoms with E-state index in [-0.39, 0.29) is 0 Å². The number of hydrogen-bond acceptors (Lipinski definition) is 4. The summed E-state index contributed by atoms with van der Waals surface area (Å²) in [5, 5.41) is 4.79. The van der Waals surface area contributed by atoms with E-state index in [1.807, 2.05) is 48.5 Å². The lowest BCUT2D eigenvalue weighted by molar-refractivity contribution is 0.667. The standard InChI is InChI=1S/C16H10ClN3O/c17-11-6-2-3-7-12(11)20-16-15-14(18-9-19-16)10-5-1-4-8-13(10)21-15/h1-9H,(H,18,19,20). The Bertz CT molecular complexity index is 948. The van der Waals surface area contributed by atoms with Crippen molar-refractivity contribution in [2.24, 2.45) is 0 Å². The second kappa shape index (κ2) is 4.75. The van der Waals surface area contributed by atoms with Gasteiger partial charge >= 0.3 is 0 Å². The molecule has 0 unspecified atom stereocenters. The highest BCUT2D eigenvalue weighted by Gasteiger charge is 2.13. The zero-order valence-electron chi connectivity index (χ0n) is 10.9. The summed E-state index contributed by atoms with van der Waals surface area (Å²) in [7, 11) is 0. The summed E-state index contributed by atoms with van der Waals surface area (Å²) in [5.74, 6) is 0.601. The molecule has 1 N–H and O–H groups in total. The molecule has 2 aromatic heterocycles. The van der Waals surface area contributed by atoms with Crippen LogP contribution >= 0.6 is 11.6 Å². The number of rotatable bonds is 2. The molecule has 21 heavy (non-hydrogen) atoms. The Morgan fingerprint density at radius 1 is 0.952 bits per heavy atom. The van der Waals surface area contributed by atoms with Crippen molar-refractivity contribution in [2.75, 3.05) is 5.32 Å². The quantitative estimate of drug-likeness (QED) is 0.578. The van der Waals surface area contributed by atoms with E-state index in [2.05, 4.69) is 15.3 Å². The summed E-state index contributed by atoms with van der Waals surface area (Å²) in [5.41, 5.74) is 2.98. The van der Waals surface area contributed by atoms with Gasteiger partial charge in [-0.3, -0.25) is 0 Å². The van der Waals surface area contributed by atoms with Crippen LogP contribution < -0.4 is 5.32 Å². The molecule has 0 bridgehead atoms. The van der Waals surface area contributed by atoms with Crippen LogP contribution in [0.15, 0.2) is 59.3 Å². The van der Waals surface area contributed by atoms with Gasteiger partial charge in [0.05, 0.1) is 10.7 Å². The van der Waals surface area contributed by atoms with E-state index in [1.54, 1.807) is 0 Å². The number of fused-ring (bicyclic) bond motifs is 3. The van der Waals surface area contributed by atoms with Gasteiger partial charge in [0.25, 0.3) is 0 Å². The van der Waals surface area contributed by atoms with Gasteiger partial charge in [0, 0.05) is 5.39 Å². The molecule has 0 atom stereocenters. The number of para-hydroxylation sites is 2. The SMILES string of the molecule is Clc1ccccc1Nc1ncnc2c1oc1ccccc12. The highest BCUT2D eigenvalue weighted by atomic mass is 35.5. The van der Waals surface area contributed by atoms with E-state index in [9.17, 15) is 0 Å². The molecule has 0 amide bonds. The lowest BCUT2D eigenvalue weighted by Crippen LogP contribution is -1.95. The van der Waals surface area contributed by atoms with Crippen molar-refractivity contribution in [1.82, 2.24) is 9.97 Å². The molecule has 2 heterocycles. The fraction of sp³-hybridized carbons (Fsp3) is 0. The summed E-state index contributed by atoms with van der Waals surface area (Å²) in [6.45, 7) is 0. The zero-order valence-corrected chi connectivity index (χ0v) is 11.6. The van der Waals surface area contributed by atoms with Crippen LogP contribution in [0.3, 0.4) is 0 Å². The molecule has 0 aliphatic carbocycles. The van der Waals surface area contributed by atoms with E-state index in [1.165, 1.54) is 6.33 Å². The first-order valence-corrected chi connectivity index (χ1v) is 6.84. The molecule has 0 aliphatic rings. The van der Waals surface area contributed by atoms with E-state index in [0.717, 1.165) is 22.2 Å². The van der Waals surface area contributed by atoms with Crippen LogP contribution in [0.2, 0.25) is 5.02 Å². The minimum atomic E-state index is 0.601. The lowest BCUT2D eigenvalue weighted by Gasteiger charge is -2.06. The van der Waals surface area contributed by atoms with Gasteiger partial charge in [-0.25, -0.2) is 9.97 Å². The number of halogens is 1. The molecular formula is C16H10ClN3O. The number of aromatic nitrogens is 2. The molecule has 0 fully saturated rings. The van der Waals surface area contributed by atoms with Gasteiger partial charge in [0.1, 0.15) is 17.4 Å². The fourth-order valence-electron chi connectivity index (χ4n) is 2.30. The number of nitrogens with one attached hydrogen (secondary N) is 1. The number of nitrogens with zero attached hydrogens (tertiary/aromatic N) is 2. The summed E-state index contributed by atoms with van der Waals surface area (Å²) in [6.07, 6.45) is 1.52. The first-order chi connectivity index (χ1) is 10.3. The molecule has 0 aliphatic heterocycles. The van der Waals surface area contributed by atoms with Crippen molar-refractivity contribution < 1.29 is 4.42 Å². The van der Waals surface area contributed by atoms with Crippen molar-refractivity contribution in [3.63, 3.8) is 0 Å². The smallest absolute Gasteiger partial charge is 0.196 e. The normalized spacial score (nSPS) is 11.1. The summed E-state index contributed by atoms with van der Waals surface area (Å²) < 4.78 is 5.87. The molecule has 2 aromatic carbocycles. The Kier molecular flexibility index (Phi) is 2.75. The van der Waals surface area contributed by atoms with Crippen molar-refractivity contribution in [1.29, 1.82) is 0 Å². The van der Waals surface area contributed by atoms with E-state index in [4.69, 9.17) is 16.0 Å². The van der Waals surface area contributed by atoms with Crippen LogP contribution in [0.5, 0.6) is 0 Å². The predicted molar refractivity (Wildman–Crippen MR) is 84.0 cm³/mol. The van der Waals surface area contributed by atoms with Gasteiger partial charge in [-0.15, -0.1) is 0 Å². The average molecular weight is 296 g/mol. The third-order valence-electron chi connectivity index (χ3n) is 3.28. The van der Waals surface area contributed by atoms with Crippen molar-refractivity contribution in [2.45, 2.75) is 0 Å². The van der Waals surface area contributed by atoms with Crippen molar-refractivity contribution >= 4 is 45.2 Å². The number of anilines is 2. The second-order valence-electron chi connectivity index (χ2n) is 4.60. The Morgan fingerprint density at radius 3 is 2.67 bits per heavy atom. The molecule has 102 valence electrons. The van der Waals surface area contributed by atoms with Crippen molar-refractivity contribution in [3.05, 3.63) is 59.9 Å². The van der Waals surface area contributed by atoms with E-state index < -0.39 is 0 Å². The molecule has 0 saturated carbocycles. The van der Waals surface area contributed by atoms with Gasteiger partial charge < -0.3 is 9.73 Å². The first-order valence-electron chi connectivity index (χ1n) is 6.47. The van der Waals surface area contributed by atoms with E-state index in [0.29, 0.717) is 16.4 Å². The number of benzene rings is 2. The Morgan fingerprint density at radius 2 is 1.76 bits per heavy atom. The van der Waals surface area contributed by atoms with E-state index >= 15 is 0 Å². The van der Waals surface area contributed by atoms with Crippen LogP contribution in [-0.2, 0) is 0 Å². The topological polar surface area (TPSA) is 51.0 Å². The van der Waals surface area contributed by atoms with Crippen LogP contribution in [0, 0.1) is 0 Å². The molecule has 0 radical (unpaired) electrons. The molecule has 4 rings (SSSR count). The van der Waals surface area contributed by atoms with Gasteiger partial charge in [-0.1, -0.05) is 35.9 Å². The average Bonchev–Trinajstić information content (AvgIpc) is 2.89.